The fourth-order valence-electron chi connectivity index (χ4n) is 8.33. The summed E-state index contributed by atoms with van der Waals surface area (Å²) in [7, 11) is 0. The van der Waals surface area contributed by atoms with Gasteiger partial charge in [-0.25, -0.2) is 0 Å². The van der Waals surface area contributed by atoms with E-state index in [0.29, 0.717) is 5.41 Å². The summed E-state index contributed by atoms with van der Waals surface area (Å²) in [6, 6.07) is 0. The van der Waals surface area contributed by atoms with Gasteiger partial charge in [-0.05, 0) is 98.2 Å². The second-order valence-corrected chi connectivity index (χ2v) is 11.1. The maximum atomic E-state index is 2.72. The quantitative estimate of drug-likeness (QED) is 0.472. The van der Waals surface area contributed by atoms with Gasteiger partial charge in [-0.15, -0.1) is 0 Å². The molecule has 7 atom stereocenters. The Labute approximate surface area is 165 Å². The molecule has 4 aliphatic carbocycles. The third-order valence-electron chi connectivity index (χ3n) is 9.69. The first-order chi connectivity index (χ1) is 12.5. The van der Waals surface area contributed by atoms with E-state index in [1.165, 1.54) is 38.5 Å². The fourth-order valence-corrected chi connectivity index (χ4v) is 8.33. The molecule has 0 aromatic heterocycles. The number of hydrogen-bond acceptors (Lipinski definition) is 0. The van der Waals surface area contributed by atoms with E-state index < -0.39 is 0 Å². The minimum atomic E-state index is 0.716. The first kappa shape index (κ1) is 20.7. The summed E-state index contributed by atoms with van der Waals surface area (Å²) >= 11 is 0. The summed E-state index contributed by atoms with van der Waals surface area (Å²) in [4.78, 5) is 0. The van der Waals surface area contributed by atoms with Crippen LogP contribution in [0.4, 0.5) is 0 Å². The van der Waals surface area contributed by atoms with E-state index in [0.717, 1.165) is 35.0 Å². The fraction of sp³-hybridized carbons (Fsp3) is 1.00. The van der Waals surface area contributed by atoms with Crippen LogP contribution in [0.15, 0.2) is 0 Å². The van der Waals surface area contributed by atoms with Crippen LogP contribution < -0.4 is 0 Å². The first-order valence-corrected chi connectivity index (χ1v) is 12.5. The molecule has 4 fully saturated rings. The smallest absolute Gasteiger partial charge is 0.0266 e. The van der Waals surface area contributed by atoms with Crippen molar-refractivity contribution < 1.29 is 0 Å². The normalized spacial score (nSPS) is 47.2. The molecule has 0 amide bonds. The van der Waals surface area contributed by atoms with Gasteiger partial charge in [0.2, 0.25) is 0 Å². The van der Waals surface area contributed by atoms with Crippen molar-refractivity contribution in [3.8, 4) is 0 Å². The van der Waals surface area contributed by atoms with Crippen LogP contribution in [0.3, 0.4) is 0 Å². The van der Waals surface area contributed by atoms with E-state index in [1.807, 2.05) is 0 Å². The molecule has 26 heavy (non-hydrogen) atoms. The Bertz CT molecular complexity index is 439. The van der Waals surface area contributed by atoms with Crippen molar-refractivity contribution in [1.29, 1.82) is 0 Å². The summed E-state index contributed by atoms with van der Waals surface area (Å²) < 4.78 is 0. The molecule has 0 bridgehead atoms. The van der Waals surface area contributed by atoms with Crippen molar-refractivity contribution in [3.63, 3.8) is 0 Å². The van der Waals surface area contributed by atoms with E-state index in [9.17, 15) is 0 Å². The largest absolute Gasteiger partial charge is 0.0656 e. The summed E-state index contributed by atoms with van der Waals surface area (Å²) in [5, 5.41) is 0. The molecule has 0 aliphatic heterocycles. The third kappa shape index (κ3) is 3.53. The summed E-state index contributed by atoms with van der Waals surface area (Å²) in [6.07, 6.45) is 21.2. The number of rotatable bonds is 3. The molecule has 0 N–H and O–H groups in total. The van der Waals surface area contributed by atoms with Crippen LogP contribution in [0.25, 0.3) is 0 Å². The summed E-state index contributed by atoms with van der Waals surface area (Å²) in [5.74, 6) is 5.41. The zero-order valence-corrected chi connectivity index (χ0v) is 18.8. The molecule has 0 heterocycles. The minimum absolute atomic E-state index is 0.716. The van der Waals surface area contributed by atoms with Crippen LogP contribution >= 0.6 is 0 Å². The monoisotopic (exact) mass is 360 g/mol. The molecule has 0 saturated heterocycles. The van der Waals surface area contributed by atoms with Gasteiger partial charge in [-0.1, -0.05) is 66.7 Å². The maximum absolute atomic E-state index is 2.72. The second-order valence-electron chi connectivity index (χ2n) is 11.1. The first-order valence-electron chi connectivity index (χ1n) is 12.5. The summed E-state index contributed by atoms with van der Waals surface area (Å²) in [5.41, 5.74) is 1.44. The Kier molecular flexibility index (Phi) is 6.83. The molecule has 4 rings (SSSR count). The predicted octanol–water partition coefficient (Wildman–Crippen LogP) is 8.64. The molecule has 0 aromatic rings. The number of unbranched alkanes of at least 4 members (excludes halogenated alkanes) is 1. The van der Waals surface area contributed by atoms with Crippen molar-refractivity contribution in [2.75, 3.05) is 0 Å². The van der Waals surface area contributed by atoms with Gasteiger partial charge in [0.05, 0.1) is 0 Å². The van der Waals surface area contributed by atoms with Gasteiger partial charge in [0.25, 0.3) is 0 Å². The number of fused-ring (bicyclic) bond motifs is 5. The van der Waals surface area contributed by atoms with Crippen molar-refractivity contribution >= 4 is 0 Å². The standard InChI is InChI=1S/C23H40.C3H8/c1-4-5-8-17-11-13-20-19-12-10-18-9-6-7-15-22(18,2)21(19)14-16-23(17,20)3;1-3-2/h17-21H,4-16H2,1-3H3;3H2,1-2H3. The lowest BCUT2D eigenvalue weighted by Gasteiger charge is -2.60. The van der Waals surface area contributed by atoms with E-state index >= 15 is 0 Å². The van der Waals surface area contributed by atoms with Gasteiger partial charge in [-0.3, -0.25) is 0 Å². The highest BCUT2D eigenvalue weighted by Gasteiger charge is 2.59. The molecular weight excluding hydrogens is 312 g/mol. The highest BCUT2D eigenvalue weighted by molar-refractivity contribution is 5.08. The Morgan fingerprint density at radius 2 is 1.46 bits per heavy atom. The van der Waals surface area contributed by atoms with Crippen LogP contribution in [-0.2, 0) is 0 Å². The van der Waals surface area contributed by atoms with Gasteiger partial charge in [0.15, 0.2) is 0 Å². The van der Waals surface area contributed by atoms with E-state index in [-0.39, 0.29) is 0 Å². The summed E-state index contributed by atoms with van der Waals surface area (Å²) in [6.45, 7) is 12.1. The second kappa shape index (κ2) is 8.57. The van der Waals surface area contributed by atoms with Crippen molar-refractivity contribution in [3.05, 3.63) is 0 Å². The molecule has 0 aromatic carbocycles. The molecular formula is C26H48. The van der Waals surface area contributed by atoms with Gasteiger partial charge < -0.3 is 0 Å². The van der Waals surface area contributed by atoms with E-state index in [2.05, 4.69) is 34.6 Å². The lowest BCUT2D eigenvalue weighted by molar-refractivity contribution is -0.111. The van der Waals surface area contributed by atoms with E-state index in [1.54, 1.807) is 51.4 Å². The molecule has 0 radical (unpaired) electrons. The van der Waals surface area contributed by atoms with Crippen LogP contribution in [0.1, 0.15) is 125 Å². The molecule has 0 nitrogen and oxygen atoms in total. The predicted molar refractivity (Wildman–Crippen MR) is 115 cm³/mol. The van der Waals surface area contributed by atoms with Crippen molar-refractivity contribution in [1.82, 2.24) is 0 Å². The third-order valence-corrected chi connectivity index (χ3v) is 9.69. The maximum Gasteiger partial charge on any atom is -0.0266 e. The number of hydrogen-bond donors (Lipinski definition) is 0. The lowest BCUT2D eigenvalue weighted by Crippen LogP contribution is -2.52. The molecule has 152 valence electrons. The SMILES string of the molecule is CCC.CCCCC1CCC2C3CCC4CCCCC4(C)C3CCC12C. The van der Waals surface area contributed by atoms with Gasteiger partial charge in [0, 0.05) is 0 Å². The minimum Gasteiger partial charge on any atom is -0.0656 e. The Balaban J connectivity index is 0.000000613. The highest BCUT2D eigenvalue weighted by Crippen LogP contribution is 2.67. The van der Waals surface area contributed by atoms with Crippen molar-refractivity contribution in [2.45, 2.75) is 125 Å². The van der Waals surface area contributed by atoms with Crippen molar-refractivity contribution in [2.24, 2.45) is 40.4 Å². The Morgan fingerprint density at radius 1 is 0.731 bits per heavy atom. The van der Waals surface area contributed by atoms with Crippen LogP contribution in [-0.4, -0.2) is 0 Å². The molecule has 0 heteroatoms. The lowest BCUT2D eigenvalue weighted by atomic mass is 9.45. The molecule has 4 saturated carbocycles. The average molecular weight is 361 g/mol. The van der Waals surface area contributed by atoms with Gasteiger partial charge in [-0.2, -0.15) is 0 Å². The zero-order chi connectivity index (χ0) is 18.8. The highest BCUT2D eigenvalue weighted by atomic mass is 14.6. The van der Waals surface area contributed by atoms with Crippen LogP contribution in [0.5, 0.6) is 0 Å². The Hall–Kier alpha value is 0. The van der Waals surface area contributed by atoms with Crippen LogP contribution in [0.2, 0.25) is 0 Å². The molecule has 0 spiro atoms. The van der Waals surface area contributed by atoms with E-state index in [4.69, 9.17) is 0 Å². The zero-order valence-electron chi connectivity index (χ0n) is 18.8. The van der Waals surface area contributed by atoms with Gasteiger partial charge >= 0.3 is 0 Å². The topological polar surface area (TPSA) is 0 Å². The van der Waals surface area contributed by atoms with Gasteiger partial charge in [0.1, 0.15) is 0 Å². The van der Waals surface area contributed by atoms with Crippen LogP contribution in [0, 0.1) is 40.4 Å². The average Bonchev–Trinajstić information content (AvgIpc) is 2.96. The molecule has 4 aliphatic rings. The molecule has 7 unspecified atom stereocenters. The Morgan fingerprint density at radius 3 is 2.19 bits per heavy atom.